The van der Waals surface area contributed by atoms with Crippen molar-refractivity contribution in [3.63, 3.8) is 0 Å². The van der Waals surface area contributed by atoms with Crippen LogP contribution in [-0.2, 0) is 18.5 Å². The van der Waals surface area contributed by atoms with Crippen molar-refractivity contribution < 1.29 is 39.5 Å². The van der Waals surface area contributed by atoms with Gasteiger partial charge in [0, 0.05) is 0 Å². The minimum Gasteiger partial charge on any atom is -0.383 e. The third-order valence-electron chi connectivity index (χ3n) is 3.53. The van der Waals surface area contributed by atoms with Gasteiger partial charge in [0.1, 0.15) is 5.82 Å². The molecule has 0 aliphatic heterocycles. The first kappa shape index (κ1) is 19.7. The number of halogens is 9. The highest BCUT2D eigenvalue weighted by atomic mass is 19.4. The Labute approximate surface area is 148 Å². The first-order valence-electron chi connectivity index (χ1n) is 7.08. The molecule has 0 atom stereocenters. The monoisotopic (exact) mass is 415 g/mol. The standard InChI is InChI=1S/C14H6F9N5/c15-12(16,17)5-3-1-2-4-6(5)28-9(24)7-8(13(18,19)20)25-11(14(21,22)23)26-10(7)27-28/h1-4H,24H2. The van der Waals surface area contributed by atoms with E-state index >= 15 is 0 Å². The molecule has 28 heavy (non-hydrogen) atoms. The van der Waals surface area contributed by atoms with E-state index in [4.69, 9.17) is 5.73 Å². The lowest BCUT2D eigenvalue weighted by molar-refractivity contribution is -0.151. The van der Waals surface area contributed by atoms with Gasteiger partial charge in [0.05, 0.1) is 16.6 Å². The fraction of sp³-hybridized carbons (Fsp3) is 0.214. The normalized spacial score (nSPS) is 13.3. The first-order valence-corrected chi connectivity index (χ1v) is 7.08. The van der Waals surface area contributed by atoms with Gasteiger partial charge in [0.2, 0.25) is 5.82 Å². The molecule has 0 fully saturated rings. The molecule has 3 rings (SSSR count). The summed E-state index contributed by atoms with van der Waals surface area (Å²) in [6.07, 6.45) is -15.7. The van der Waals surface area contributed by atoms with Crippen LogP contribution in [0.15, 0.2) is 24.3 Å². The summed E-state index contributed by atoms with van der Waals surface area (Å²) in [4.78, 5) is 5.36. The molecule has 0 bridgehead atoms. The topological polar surface area (TPSA) is 69.6 Å². The van der Waals surface area contributed by atoms with E-state index in [1.54, 1.807) is 0 Å². The van der Waals surface area contributed by atoms with Crippen LogP contribution in [-0.4, -0.2) is 19.7 Å². The summed E-state index contributed by atoms with van der Waals surface area (Å²) in [7, 11) is 0. The maximum absolute atomic E-state index is 13.2. The van der Waals surface area contributed by atoms with Gasteiger partial charge >= 0.3 is 18.5 Å². The summed E-state index contributed by atoms with van der Waals surface area (Å²) in [5, 5.41) is 2.20. The van der Waals surface area contributed by atoms with Crippen LogP contribution < -0.4 is 5.73 Å². The van der Waals surface area contributed by atoms with E-state index in [9.17, 15) is 39.5 Å². The number of anilines is 1. The van der Waals surface area contributed by atoms with Crippen molar-refractivity contribution in [3.8, 4) is 5.69 Å². The summed E-state index contributed by atoms with van der Waals surface area (Å²) in [6.45, 7) is 0. The molecule has 150 valence electrons. The third-order valence-corrected chi connectivity index (χ3v) is 3.53. The zero-order valence-corrected chi connectivity index (χ0v) is 13.1. The fourth-order valence-electron chi connectivity index (χ4n) is 2.43. The SMILES string of the molecule is Nc1c2c(C(F)(F)F)nc(C(F)(F)F)nc2nn1-c1ccccc1C(F)(F)F. The van der Waals surface area contributed by atoms with Gasteiger partial charge in [-0.3, -0.25) is 0 Å². The summed E-state index contributed by atoms with van der Waals surface area (Å²) < 4.78 is 118. The second-order valence-electron chi connectivity index (χ2n) is 5.40. The molecule has 2 aromatic heterocycles. The highest BCUT2D eigenvalue weighted by molar-refractivity contribution is 5.90. The van der Waals surface area contributed by atoms with Gasteiger partial charge < -0.3 is 5.73 Å². The Bertz CT molecular complexity index is 1050. The van der Waals surface area contributed by atoms with Crippen LogP contribution in [0.3, 0.4) is 0 Å². The number of benzene rings is 1. The van der Waals surface area contributed by atoms with Crippen molar-refractivity contribution in [2.45, 2.75) is 18.5 Å². The third kappa shape index (κ3) is 3.29. The van der Waals surface area contributed by atoms with E-state index in [-0.39, 0.29) is 4.68 Å². The van der Waals surface area contributed by atoms with E-state index in [0.717, 1.165) is 18.2 Å². The molecule has 0 amide bonds. The summed E-state index contributed by atoms with van der Waals surface area (Å²) in [5.41, 5.74) is 0.207. The first-order chi connectivity index (χ1) is 12.7. The average molecular weight is 415 g/mol. The van der Waals surface area contributed by atoms with Crippen molar-refractivity contribution in [2.75, 3.05) is 5.73 Å². The zero-order valence-electron chi connectivity index (χ0n) is 13.1. The molecule has 0 aliphatic rings. The number of nitrogens with zero attached hydrogens (tertiary/aromatic N) is 4. The predicted molar refractivity (Wildman–Crippen MR) is 76.1 cm³/mol. The molecule has 5 nitrogen and oxygen atoms in total. The van der Waals surface area contributed by atoms with Crippen molar-refractivity contribution in [1.29, 1.82) is 0 Å². The highest BCUT2D eigenvalue weighted by Crippen LogP contribution is 2.40. The molecule has 0 saturated carbocycles. The van der Waals surface area contributed by atoms with E-state index in [1.807, 2.05) is 0 Å². The zero-order chi connectivity index (χ0) is 21.1. The van der Waals surface area contributed by atoms with Crippen LogP contribution in [0.25, 0.3) is 16.7 Å². The molecule has 0 saturated heterocycles. The summed E-state index contributed by atoms with van der Waals surface area (Å²) in [6, 6.07) is 3.58. The average Bonchev–Trinajstić information content (AvgIpc) is 2.88. The Kier molecular flexibility index (Phi) is 4.20. The second-order valence-corrected chi connectivity index (χ2v) is 5.40. The number of para-hydroxylation sites is 1. The van der Waals surface area contributed by atoms with Crippen LogP contribution in [0.5, 0.6) is 0 Å². The van der Waals surface area contributed by atoms with Crippen LogP contribution in [0.1, 0.15) is 17.1 Å². The van der Waals surface area contributed by atoms with Gasteiger partial charge in [0.15, 0.2) is 11.3 Å². The Morgan fingerprint density at radius 3 is 1.93 bits per heavy atom. The molecule has 0 aliphatic carbocycles. The number of fused-ring (bicyclic) bond motifs is 1. The van der Waals surface area contributed by atoms with E-state index in [2.05, 4.69) is 15.1 Å². The van der Waals surface area contributed by atoms with E-state index < -0.39 is 58.1 Å². The van der Waals surface area contributed by atoms with Crippen molar-refractivity contribution in [3.05, 3.63) is 41.3 Å². The number of hydrogen-bond acceptors (Lipinski definition) is 4. The minimum absolute atomic E-state index is 0.248. The number of nitrogens with two attached hydrogens (primary N) is 1. The van der Waals surface area contributed by atoms with Gasteiger partial charge in [-0.25, -0.2) is 14.6 Å². The van der Waals surface area contributed by atoms with Crippen LogP contribution in [0.2, 0.25) is 0 Å². The number of aromatic nitrogens is 4. The Morgan fingerprint density at radius 2 is 1.39 bits per heavy atom. The quantitative estimate of drug-likeness (QED) is 0.597. The van der Waals surface area contributed by atoms with Gasteiger partial charge in [-0.1, -0.05) is 12.1 Å². The van der Waals surface area contributed by atoms with E-state index in [0.29, 0.717) is 6.07 Å². The summed E-state index contributed by atoms with van der Waals surface area (Å²) in [5.74, 6) is -3.14. The maximum atomic E-state index is 13.2. The number of alkyl halides is 9. The number of hydrogen-bond donors (Lipinski definition) is 1. The number of rotatable bonds is 1. The lowest BCUT2D eigenvalue weighted by atomic mass is 10.1. The maximum Gasteiger partial charge on any atom is 0.451 e. The van der Waals surface area contributed by atoms with Gasteiger partial charge in [-0.2, -0.15) is 39.5 Å². The molecule has 2 N–H and O–H groups in total. The Hall–Kier alpha value is -3.06. The lowest BCUT2D eigenvalue weighted by Crippen LogP contribution is -2.17. The minimum atomic E-state index is -5.40. The lowest BCUT2D eigenvalue weighted by Gasteiger charge is -2.13. The smallest absolute Gasteiger partial charge is 0.383 e. The molecular formula is C14H6F9N5. The van der Waals surface area contributed by atoms with Crippen molar-refractivity contribution >= 4 is 16.9 Å². The Morgan fingerprint density at radius 1 is 0.786 bits per heavy atom. The van der Waals surface area contributed by atoms with Crippen LogP contribution in [0, 0.1) is 0 Å². The van der Waals surface area contributed by atoms with Gasteiger partial charge in [-0.05, 0) is 12.1 Å². The predicted octanol–water partition coefficient (Wildman–Crippen LogP) is 4.45. The second kappa shape index (κ2) is 5.97. The fourth-order valence-corrected chi connectivity index (χ4v) is 2.43. The van der Waals surface area contributed by atoms with Crippen LogP contribution in [0.4, 0.5) is 45.3 Å². The number of nitrogen functional groups attached to an aromatic ring is 1. The molecule has 0 spiro atoms. The van der Waals surface area contributed by atoms with Gasteiger partial charge in [-0.15, -0.1) is 5.10 Å². The van der Waals surface area contributed by atoms with Crippen LogP contribution >= 0.6 is 0 Å². The molecule has 1 aromatic carbocycles. The molecule has 0 unspecified atom stereocenters. The Balaban J connectivity index is 2.40. The molecule has 2 heterocycles. The molecule has 0 radical (unpaired) electrons. The highest BCUT2D eigenvalue weighted by Gasteiger charge is 2.43. The largest absolute Gasteiger partial charge is 0.451 e. The molecule has 14 heteroatoms. The van der Waals surface area contributed by atoms with Gasteiger partial charge in [0.25, 0.3) is 0 Å². The summed E-state index contributed by atoms with van der Waals surface area (Å²) >= 11 is 0. The molecular weight excluding hydrogens is 409 g/mol. The van der Waals surface area contributed by atoms with Crippen molar-refractivity contribution in [1.82, 2.24) is 19.7 Å². The molecule has 3 aromatic rings. The van der Waals surface area contributed by atoms with Crippen molar-refractivity contribution in [2.24, 2.45) is 0 Å². The van der Waals surface area contributed by atoms with E-state index in [1.165, 1.54) is 0 Å².